The van der Waals surface area contributed by atoms with Crippen LogP contribution in [0.25, 0.3) is 0 Å². The lowest BCUT2D eigenvalue weighted by Crippen LogP contribution is -2.48. The molecule has 8 heteroatoms. The van der Waals surface area contributed by atoms with Crippen molar-refractivity contribution < 1.29 is 13.2 Å². The molecule has 4 N–H and O–H groups in total. The number of anilines is 1. The van der Waals surface area contributed by atoms with Gasteiger partial charge in [0.25, 0.3) is 0 Å². The third-order valence-corrected chi connectivity index (χ3v) is 3.87. The third kappa shape index (κ3) is 5.74. The number of hydrogen-bond acceptors (Lipinski definition) is 5. The van der Waals surface area contributed by atoms with Crippen LogP contribution in [0.2, 0.25) is 0 Å². The van der Waals surface area contributed by atoms with Crippen molar-refractivity contribution in [1.29, 1.82) is 0 Å². The summed E-state index contributed by atoms with van der Waals surface area (Å²) in [6.45, 7) is 5.04. The van der Waals surface area contributed by atoms with Crippen molar-refractivity contribution in [2.45, 2.75) is 32.1 Å². The van der Waals surface area contributed by atoms with E-state index in [-0.39, 0.29) is 11.1 Å². The van der Waals surface area contributed by atoms with Crippen molar-refractivity contribution in [3.05, 3.63) is 42.1 Å². The zero-order valence-electron chi connectivity index (χ0n) is 15.5. The molecule has 1 heterocycles. The first-order valence-corrected chi connectivity index (χ1v) is 8.31. The maximum Gasteiger partial charge on any atom is 0.416 e. The van der Waals surface area contributed by atoms with Crippen LogP contribution in [-0.2, 0) is 6.18 Å². The van der Waals surface area contributed by atoms with Crippen molar-refractivity contribution >= 4 is 11.6 Å². The van der Waals surface area contributed by atoms with Gasteiger partial charge in [0.15, 0.2) is 0 Å². The first-order chi connectivity index (χ1) is 11.9. The zero-order chi connectivity index (χ0) is 19.6. The molecule has 0 aromatic heterocycles. The minimum atomic E-state index is -4.40. The maximum atomic E-state index is 12.9. The Morgan fingerprint density at radius 1 is 1.27 bits per heavy atom. The number of benzene rings is 1. The van der Waals surface area contributed by atoms with Gasteiger partial charge in [0, 0.05) is 18.4 Å². The predicted octanol–water partition coefficient (Wildman–Crippen LogP) is 3.22. The van der Waals surface area contributed by atoms with Crippen LogP contribution < -0.4 is 16.4 Å². The average Bonchev–Trinajstić information content (AvgIpc) is 2.43. The molecule has 1 aliphatic rings. The SMILES string of the molecule is CN(C)CC(C)(C)CC1(N)C=CNC(Nc2cccc(C(F)(F)F)c2)=N1. The van der Waals surface area contributed by atoms with Crippen LogP contribution in [0.4, 0.5) is 18.9 Å². The zero-order valence-corrected chi connectivity index (χ0v) is 15.5. The minimum Gasteiger partial charge on any atom is -0.333 e. The lowest BCUT2D eigenvalue weighted by Gasteiger charge is -2.36. The molecular weight excluding hydrogens is 343 g/mol. The van der Waals surface area contributed by atoms with Gasteiger partial charge in [0.05, 0.1) is 5.56 Å². The summed E-state index contributed by atoms with van der Waals surface area (Å²) in [7, 11) is 3.99. The molecule has 1 aromatic rings. The molecule has 0 spiro atoms. The molecule has 0 amide bonds. The van der Waals surface area contributed by atoms with Crippen LogP contribution in [0.3, 0.4) is 0 Å². The Morgan fingerprint density at radius 3 is 2.58 bits per heavy atom. The first kappa shape index (κ1) is 20.3. The second-order valence-corrected chi connectivity index (χ2v) is 7.71. The summed E-state index contributed by atoms with van der Waals surface area (Å²) < 4.78 is 38.6. The Bertz CT molecular complexity index is 694. The number of alkyl halides is 3. The van der Waals surface area contributed by atoms with Gasteiger partial charge in [0.2, 0.25) is 5.96 Å². The van der Waals surface area contributed by atoms with Crippen molar-refractivity contribution in [3.63, 3.8) is 0 Å². The fourth-order valence-electron chi connectivity index (χ4n) is 3.29. The summed E-state index contributed by atoms with van der Waals surface area (Å²) in [6.07, 6.45) is -0.381. The van der Waals surface area contributed by atoms with Crippen LogP contribution in [0.5, 0.6) is 0 Å². The van der Waals surface area contributed by atoms with Crippen molar-refractivity contribution in [2.75, 3.05) is 26.0 Å². The quantitative estimate of drug-likeness (QED) is 0.746. The number of nitrogens with two attached hydrogens (primary N) is 1. The van der Waals surface area contributed by atoms with Gasteiger partial charge in [-0.25, -0.2) is 4.99 Å². The van der Waals surface area contributed by atoms with Crippen LogP contribution in [-0.4, -0.2) is 37.2 Å². The van der Waals surface area contributed by atoms with Gasteiger partial charge in [-0.3, -0.25) is 0 Å². The van der Waals surface area contributed by atoms with E-state index >= 15 is 0 Å². The molecule has 0 bridgehead atoms. The highest BCUT2D eigenvalue weighted by Gasteiger charge is 2.33. The summed E-state index contributed by atoms with van der Waals surface area (Å²) >= 11 is 0. The number of rotatable bonds is 5. The van der Waals surface area contributed by atoms with Crippen LogP contribution >= 0.6 is 0 Å². The van der Waals surface area contributed by atoms with E-state index < -0.39 is 17.4 Å². The summed E-state index contributed by atoms with van der Waals surface area (Å²) in [4.78, 5) is 6.56. The van der Waals surface area contributed by atoms with Gasteiger partial charge in [0.1, 0.15) is 5.66 Å². The highest BCUT2D eigenvalue weighted by molar-refractivity contribution is 5.95. The molecule has 144 valence electrons. The van der Waals surface area contributed by atoms with Crippen LogP contribution in [0.15, 0.2) is 41.5 Å². The Kier molecular flexibility index (Phi) is 5.67. The number of nitrogens with one attached hydrogen (secondary N) is 2. The Balaban J connectivity index is 2.16. The van der Waals surface area contributed by atoms with Crippen LogP contribution in [0.1, 0.15) is 25.8 Å². The molecule has 2 rings (SSSR count). The van der Waals surface area contributed by atoms with E-state index in [0.29, 0.717) is 12.4 Å². The van der Waals surface area contributed by atoms with Gasteiger partial charge < -0.3 is 21.3 Å². The molecule has 5 nitrogen and oxygen atoms in total. The molecule has 0 saturated carbocycles. The third-order valence-electron chi connectivity index (χ3n) is 3.87. The topological polar surface area (TPSA) is 65.7 Å². The highest BCUT2D eigenvalue weighted by Crippen LogP contribution is 2.32. The standard InChI is InChI=1S/C18H26F3N5/c1-16(2,12-26(3)4)11-17(22)8-9-23-15(25-17)24-14-7-5-6-13(10-14)18(19,20)21/h5-10H,11-12,22H2,1-4H3,(H2,23,24,25). The van der Waals surface area contributed by atoms with Gasteiger partial charge in [-0.2, -0.15) is 13.2 Å². The average molecular weight is 369 g/mol. The second kappa shape index (κ2) is 7.28. The number of halogens is 3. The predicted molar refractivity (Wildman–Crippen MR) is 98.6 cm³/mol. The minimum absolute atomic E-state index is 0.0925. The summed E-state index contributed by atoms with van der Waals surface area (Å²) in [6, 6.07) is 4.96. The van der Waals surface area contributed by atoms with Crippen LogP contribution in [0, 0.1) is 5.41 Å². The normalized spacial score (nSPS) is 20.7. The lowest BCUT2D eigenvalue weighted by molar-refractivity contribution is -0.137. The summed E-state index contributed by atoms with van der Waals surface area (Å²) in [5.41, 5.74) is 4.95. The monoisotopic (exact) mass is 369 g/mol. The molecule has 1 atom stereocenters. The van der Waals surface area contributed by atoms with E-state index in [1.54, 1.807) is 18.3 Å². The molecule has 1 aromatic carbocycles. The number of hydrogen-bond donors (Lipinski definition) is 3. The number of aliphatic imine (C=N–C) groups is 1. The molecule has 26 heavy (non-hydrogen) atoms. The fraction of sp³-hybridized carbons (Fsp3) is 0.500. The molecule has 0 fully saturated rings. The van der Waals surface area contributed by atoms with E-state index in [2.05, 4.69) is 34.4 Å². The highest BCUT2D eigenvalue weighted by atomic mass is 19.4. The van der Waals surface area contributed by atoms with Crippen molar-refractivity contribution in [1.82, 2.24) is 10.2 Å². The first-order valence-electron chi connectivity index (χ1n) is 8.31. The molecular formula is C18H26F3N5. The number of guanidine groups is 1. The summed E-state index contributed by atoms with van der Waals surface area (Å²) in [5, 5.41) is 5.77. The van der Waals surface area contributed by atoms with E-state index in [0.717, 1.165) is 18.7 Å². The van der Waals surface area contributed by atoms with Crippen molar-refractivity contribution in [3.8, 4) is 0 Å². The lowest BCUT2D eigenvalue weighted by atomic mass is 9.82. The molecule has 1 aliphatic heterocycles. The Hall–Kier alpha value is -2.06. The van der Waals surface area contributed by atoms with E-state index in [1.807, 2.05) is 14.1 Å². The van der Waals surface area contributed by atoms with Crippen molar-refractivity contribution in [2.24, 2.45) is 16.1 Å². The van der Waals surface area contributed by atoms with Gasteiger partial charge in [-0.1, -0.05) is 19.9 Å². The molecule has 0 aliphatic carbocycles. The molecule has 0 saturated heterocycles. The number of nitrogens with zero attached hydrogens (tertiary/aromatic N) is 2. The second-order valence-electron chi connectivity index (χ2n) is 7.71. The molecule has 1 unspecified atom stereocenters. The van der Waals surface area contributed by atoms with E-state index in [4.69, 9.17) is 5.73 Å². The molecule has 0 radical (unpaired) electrons. The van der Waals surface area contributed by atoms with E-state index in [9.17, 15) is 13.2 Å². The Labute approximate surface area is 152 Å². The fourth-order valence-corrected chi connectivity index (χ4v) is 3.29. The Morgan fingerprint density at radius 2 is 1.96 bits per heavy atom. The summed E-state index contributed by atoms with van der Waals surface area (Å²) in [5.74, 6) is 0.315. The van der Waals surface area contributed by atoms with Gasteiger partial charge >= 0.3 is 6.18 Å². The maximum absolute atomic E-state index is 12.9. The smallest absolute Gasteiger partial charge is 0.333 e. The van der Waals surface area contributed by atoms with Gasteiger partial charge in [-0.05, 0) is 50.2 Å². The van der Waals surface area contributed by atoms with Gasteiger partial charge in [-0.15, -0.1) is 0 Å². The van der Waals surface area contributed by atoms with E-state index in [1.165, 1.54) is 6.07 Å². The largest absolute Gasteiger partial charge is 0.416 e.